The normalized spacial score (nSPS) is 19.5. The van der Waals surface area contributed by atoms with E-state index in [1.54, 1.807) is 11.8 Å². The van der Waals surface area contributed by atoms with Gasteiger partial charge in [0.1, 0.15) is 0 Å². The highest BCUT2D eigenvalue weighted by atomic mass is 32.2. The predicted octanol–water partition coefficient (Wildman–Crippen LogP) is 3.12. The molecule has 3 nitrogen and oxygen atoms in total. The number of rotatable bonds is 6. The van der Waals surface area contributed by atoms with Crippen LogP contribution in [0.3, 0.4) is 0 Å². The fourth-order valence-electron chi connectivity index (χ4n) is 1.53. The Hall–Kier alpha value is -0.190. The SMILES string of the molecule is CCOC1(OCC)CCC=C(SCC)O1. The van der Waals surface area contributed by atoms with Crippen LogP contribution >= 0.6 is 11.8 Å². The van der Waals surface area contributed by atoms with Crippen molar-refractivity contribution in [2.24, 2.45) is 0 Å². The van der Waals surface area contributed by atoms with Crippen LogP contribution in [0.1, 0.15) is 33.6 Å². The summed E-state index contributed by atoms with van der Waals surface area (Å²) in [6.45, 7) is 7.21. The number of ether oxygens (including phenoxy) is 3. The van der Waals surface area contributed by atoms with Gasteiger partial charge in [-0.25, -0.2) is 0 Å². The largest absolute Gasteiger partial charge is 0.433 e. The molecule has 0 aliphatic carbocycles. The number of thioether (sulfide) groups is 1. The maximum atomic E-state index is 5.77. The Labute approximate surface area is 96.2 Å². The quantitative estimate of drug-likeness (QED) is 0.658. The molecule has 1 aliphatic heterocycles. The van der Waals surface area contributed by atoms with E-state index in [1.807, 2.05) is 13.8 Å². The molecule has 0 unspecified atom stereocenters. The fraction of sp³-hybridized carbons (Fsp3) is 0.818. The summed E-state index contributed by atoms with van der Waals surface area (Å²) in [6.07, 6.45) is 3.81. The first-order valence-electron chi connectivity index (χ1n) is 5.56. The molecule has 0 aromatic heterocycles. The first-order valence-corrected chi connectivity index (χ1v) is 6.54. The van der Waals surface area contributed by atoms with Gasteiger partial charge in [0.05, 0.1) is 13.2 Å². The van der Waals surface area contributed by atoms with E-state index < -0.39 is 5.97 Å². The third-order valence-corrected chi connectivity index (χ3v) is 2.86. The van der Waals surface area contributed by atoms with E-state index in [9.17, 15) is 0 Å². The molecule has 0 amide bonds. The molecule has 0 aromatic carbocycles. The molecule has 1 aliphatic rings. The molecule has 0 saturated heterocycles. The molecule has 4 heteroatoms. The Morgan fingerprint density at radius 3 is 2.53 bits per heavy atom. The Kier molecular flexibility index (Phi) is 5.50. The molecule has 0 atom stereocenters. The van der Waals surface area contributed by atoms with Crippen molar-refractivity contribution in [1.82, 2.24) is 0 Å². The highest BCUT2D eigenvalue weighted by Gasteiger charge is 2.36. The zero-order valence-electron chi connectivity index (χ0n) is 9.75. The van der Waals surface area contributed by atoms with E-state index in [0.717, 1.165) is 23.7 Å². The maximum absolute atomic E-state index is 5.77. The van der Waals surface area contributed by atoms with Crippen molar-refractivity contribution in [2.75, 3.05) is 19.0 Å². The minimum atomic E-state index is -0.838. The standard InChI is InChI=1S/C11H20O3S/c1-4-12-11(13-5-2)9-7-8-10(14-11)15-6-3/h8H,4-7,9H2,1-3H3. The smallest absolute Gasteiger partial charge is 0.327 e. The van der Waals surface area contributed by atoms with Gasteiger partial charge in [0.25, 0.3) is 0 Å². The van der Waals surface area contributed by atoms with Gasteiger partial charge >= 0.3 is 5.97 Å². The summed E-state index contributed by atoms with van der Waals surface area (Å²) >= 11 is 1.69. The van der Waals surface area contributed by atoms with E-state index in [4.69, 9.17) is 14.2 Å². The second kappa shape index (κ2) is 6.40. The molecular weight excluding hydrogens is 212 g/mol. The molecule has 0 spiro atoms. The summed E-state index contributed by atoms with van der Waals surface area (Å²) < 4.78 is 17.0. The van der Waals surface area contributed by atoms with E-state index in [2.05, 4.69) is 13.0 Å². The second-order valence-electron chi connectivity index (χ2n) is 3.15. The van der Waals surface area contributed by atoms with Crippen molar-refractivity contribution in [3.05, 3.63) is 11.2 Å². The van der Waals surface area contributed by atoms with Crippen LogP contribution in [0.5, 0.6) is 0 Å². The molecule has 0 aromatic rings. The third-order valence-electron chi connectivity index (χ3n) is 2.03. The van der Waals surface area contributed by atoms with E-state index in [1.165, 1.54) is 0 Å². The molecule has 0 bridgehead atoms. The van der Waals surface area contributed by atoms with Gasteiger partial charge in [-0.3, -0.25) is 0 Å². The van der Waals surface area contributed by atoms with Crippen LogP contribution in [0.15, 0.2) is 11.2 Å². The van der Waals surface area contributed by atoms with Gasteiger partial charge in [0.15, 0.2) is 5.09 Å². The minimum absolute atomic E-state index is 0.601. The van der Waals surface area contributed by atoms with Gasteiger partial charge in [-0.2, -0.15) is 0 Å². The maximum Gasteiger partial charge on any atom is 0.327 e. The van der Waals surface area contributed by atoms with Crippen LogP contribution < -0.4 is 0 Å². The molecule has 1 heterocycles. The molecule has 0 N–H and O–H groups in total. The average Bonchev–Trinajstić information content (AvgIpc) is 2.19. The van der Waals surface area contributed by atoms with E-state index in [0.29, 0.717) is 13.2 Å². The highest BCUT2D eigenvalue weighted by molar-refractivity contribution is 8.02. The summed E-state index contributed by atoms with van der Waals surface area (Å²) in [5.41, 5.74) is 0. The van der Waals surface area contributed by atoms with Crippen LogP contribution in [-0.4, -0.2) is 24.9 Å². The van der Waals surface area contributed by atoms with Crippen LogP contribution in [0.2, 0.25) is 0 Å². The lowest BCUT2D eigenvalue weighted by Crippen LogP contribution is -2.40. The molecule has 0 fully saturated rings. The lowest BCUT2D eigenvalue weighted by molar-refractivity contribution is -0.366. The van der Waals surface area contributed by atoms with Crippen molar-refractivity contribution >= 4 is 11.8 Å². The Bertz CT molecular complexity index is 210. The van der Waals surface area contributed by atoms with Crippen molar-refractivity contribution in [3.63, 3.8) is 0 Å². The number of hydrogen-bond acceptors (Lipinski definition) is 4. The fourth-order valence-corrected chi connectivity index (χ4v) is 2.23. The molecular formula is C11H20O3S. The van der Waals surface area contributed by atoms with Crippen LogP contribution in [0.25, 0.3) is 0 Å². The Balaban J connectivity index is 2.61. The highest BCUT2D eigenvalue weighted by Crippen LogP contribution is 2.34. The topological polar surface area (TPSA) is 27.7 Å². The minimum Gasteiger partial charge on any atom is -0.433 e. The monoisotopic (exact) mass is 232 g/mol. The summed E-state index contributed by atoms with van der Waals surface area (Å²) in [5.74, 6) is 0.163. The summed E-state index contributed by atoms with van der Waals surface area (Å²) in [4.78, 5) is 0. The zero-order valence-corrected chi connectivity index (χ0v) is 10.6. The van der Waals surface area contributed by atoms with Gasteiger partial charge < -0.3 is 14.2 Å². The van der Waals surface area contributed by atoms with Crippen LogP contribution in [0, 0.1) is 0 Å². The lowest BCUT2D eigenvalue weighted by atomic mass is 10.2. The van der Waals surface area contributed by atoms with Crippen molar-refractivity contribution < 1.29 is 14.2 Å². The van der Waals surface area contributed by atoms with Crippen molar-refractivity contribution in [3.8, 4) is 0 Å². The van der Waals surface area contributed by atoms with Crippen molar-refractivity contribution in [1.29, 1.82) is 0 Å². The second-order valence-corrected chi connectivity index (χ2v) is 4.41. The van der Waals surface area contributed by atoms with Gasteiger partial charge in [0.2, 0.25) is 0 Å². The first-order chi connectivity index (χ1) is 7.26. The third kappa shape index (κ3) is 3.70. The number of allylic oxidation sites excluding steroid dienone is 1. The Morgan fingerprint density at radius 1 is 1.33 bits per heavy atom. The van der Waals surface area contributed by atoms with Gasteiger partial charge in [-0.05, 0) is 32.1 Å². The molecule has 1 rings (SSSR count). The average molecular weight is 232 g/mol. The lowest BCUT2D eigenvalue weighted by Gasteiger charge is -2.35. The summed E-state index contributed by atoms with van der Waals surface area (Å²) in [6, 6.07) is 0. The van der Waals surface area contributed by atoms with Gasteiger partial charge in [-0.15, -0.1) is 0 Å². The first kappa shape index (κ1) is 12.9. The Morgan fingerprint density at radius 2 is 2.00 bits per heavy atom. The molecule has 0 saturated carbocycles. The van der Waals surface area contributed by atoms with Crippen LogP contribution in [0.4, 0.5) is 0 Å². The van der Waals surface area contributed by atoms with E-state index >= 15 is 0 Å². The predicted molar refractivity (Wildman–Crippen MR) is 62.5 cm³/mol. The van der Waals surface area contributed by atoms with Gasteiger partial charge in [-0.1, -0.05) is 18.7 Å². The summed E-state index contributed by atoms with van der Waals surface area (Å²) in [5, 5.41) is 0.922. The van der Waals surface area contributed by atoms with Gasteiger partial charge in [0, 0.05) is 6.42 Å². The summed E-state index contributed by atoms with van der Waals surface area (Å²) in [7, 11) is 0. The number of hydrogen-bond donors (Lipinski definition) is 0. The molecule has 88 valence electrons. The van der Waals surface area contributed by atoms with Crippen molar-refractivity contribution in [2.45, 2.75) is 39.6 Å². The molecule has 0 radical (unpaired) electrons. The van der Waals surface area contributed by atoms with Crippen LogP contribution in [-0.2, 0) is 14.2 Å². The zero-order chi connectivity index (χ0) is 11.1. The van der Waals surface area contributed by atoms with E-state index in [-0.39, 0.29) is 0 Å². The molecule has 15 heavy (non-hydrogen) atoms.